The summed E-state index contributed by atoms with van der Waals surface area (Å²) in [7, 11) is 1.33. The van der Waals surface area contributed by atoms with Crippen molar-refractivity contribution in [2.75, 3.05) is 12.4 Å². The van der Waals surface area contributed by atoms with Gasteiger partial charge in [0.25, 0.3) is 0 Å². The quantitative estimate of drug-likeness (QED) is 0.497. The van der Waals surface area contributed by atoms with Gasteiger partial charge in [-0.1, -0.05) is 28.1 Å². The number of anilines is 1. The standard InChI is InChI=1S/C17H14BrNO3/c1-22-17(21)14-4-2-3-5-15(14)19-11-10-16(20)12-6-8-13(18)9-7-12/h2-11,19H,1H3/b11-10+. The van der Waals surface area contributed by atoms with Gasteiger partial charge in [-0.15, -0.1) is 0 Å². The van der Waals surface area contributed by atoms with Crippen LogP contribution in [0.5, 0.6) is 0 Å². The second-order valence-electron chi connectivity index (χ2n) is 4.39. The Bertz CT molecular complexity index is 708. The van der Waals surface area contributed by atoms with Crippen molar-refractivity contribution in [2.24, 2.45) is 0 Å². The molecule has 4 nitrogen and oxygen atoms in total. The van der Waals surface area contributed by atoms with Crippen LogP contribution >= 0.6 is 15.9 Å². The van der Waals surface area contributed by atoms with E-state index in [0.29, 0.717) is 16.8 Å². The average molecular weight is 360 g/mol. The lowest BCUT2D eigenvalue weighted by atomic mass is 10.1. The molecule has 0 heterocycles. The number of ketones is 1. The zero-order valence-corrected chi connectivity index (χ0v) is 13.5. The Hall–Kier alpha value is -2.40. The molecule has 0 aliphatic rings. The van der Waals surface area contributed by atoms with Crippen molar-refractivity contribution in [2.45, 2.75) is 0 Å². The lowest BCUT2D eigenvalue weighted by Gasteiger charge is -2.06. The van der Waals surface area contributed by atoms with Gasteiger partial charge in [-0.05, 0) is 36.4 Å². The highest BCUT2D eigenvalue weighted by Crippen LogP contribution is 2.16. The predicted molar refractivity (Wildman–Crippen MR) is 89.0 cm³/mol. The number of nitrogens with one attached hydrogen (secondary N) is 1. The fourth-order valence-corrected chi connectivity index (χ4v) is 2.08. The summed E-state index contributed by atoms with van der Waals surface area (Å²) in [5.74, 6) is -0.564. The van der Waals surface area contributed by atoms with E-state index in [0.717, 1.165) is 4.47 Å². The van der Waals surface area contributed by atoms with Crippen LogP contribution in [0.25, 0.3) is 0 Å². The van der Waals surface area contributed by atoms with Gasteiger partial charge in [-0.25, -0.2) is 4.79 Å². The first-order valence-corrected chi connectivity index (χ1v) is 7.31. The fraction of sp³-hybridized carbons (Fsp3) is 0.0588. The van der Waals surface area contributed by atoms with Crippen LogP contribution in [0.1, 0.15) is 20.7 Å². The molecule has 5 heteroatoms. The first-order valence-electron chi connectivity index (χ1n) is 6.52. The van der Waals surface area contributed by atoms with Crippen molar-refractivity contribution in [3.63, 3.8) is 0 Å². The van der Waals surface area contributed by atoms with Crippen LogP contribution < -0.4 is 5.32 Å². The number of rotatable bonds is 5. The first kappa shape index (κ1) is 16.0. The highest BCUT2D eigenvalue weighted by atomic mass is 79.9. The van der Waals surface area contributed by atoms with E-state index in [4.69, 9.17) is 4.74 Å². The van der Waals surface area contributed by atoms with Gasteiger partial charge in [0.2, 0.25) is 0 Å². The van der Waals surface area contributed by atoms with Crippen molar-refractivity contribution in [3.05, 3.63) is 76.4 Å². The first-order chi connectivity index (χ1) is 10.6. The predicted octanol–water partition coefficient (Wildman–Crippen LogP) is 4.04. The van der Waals surface area contributed by atoms with E-state index in [-0.39, 0.29) is 5.78 Å². The Kier molecular flexibility index (Phi) is 5.49. The normalized spacial score (nSPS) is 10.5. The van der Waals surface area contributed by atoms with Gasteiger partial charge in [-0.2, -0.15) is 0 Å². The minimum absolute atomic E-state index is 0.129. The van der Waals surface area contributed by atoms with E-state index in [9.17, 15) is 9.59 Å². The van der Waals surface area contributed by atoms with Gasteiger partial charge < -0.3 is 10.1 Å². The Morgan fingerprint density at radius 2 is 1.77 bits per heavy atom. The molecule has 0 aliphatic heterocycles. The van der Waals surface area contributed by atoms with Crippen LogP contribution in [0, 0.1) is 0 Å². The molecule has 22 heavy (non-hydrogen) atoms. The van der Waals surface area contributed by atoms with Crippen molar-refractivity contribution in [1.82, 2.24) is 0 Å². The molecule has 0 spiro atoms. The Labute approximate surface area is 136 Å². The lowest BCUT2D eigenvalue weighted by molar-refractivity contribution is 0.0602. The molecule has 0 unspecified atom stereocenters. The van der Waals surface area contributed by atoms with Crippen LogP contribution in [0.15, 0.2) is 65.3 Å². The number of halogens is 1. The number of esters is 1. The molecule has 0 amide bonds. The number of methoxy groups -OCH3 is 1. The number of benzene rings is 2. The molecule has 0 fully saturated rings. The van der Waals surface area contributed by atoms with Gasteiger partial charge in [0.15, 0.2) is 5.78 Å². The summed E-state index contributed by atoms with van der Waals surface area (Å²) in [6.07, 6.45) is 2.92. The summed E-state index contributed by atoms with van der Waals surface area (Å²) in [5.41, 5.74) is 1.57. The Morgan fingerprint density at radius 1 is 1.09 bits per heavy atom. The molecule has 0 atom stereocenters. The van der Waals surface area contributed by atoms with Crippen LogP contribution in [0.3, 0.4) is 0 Å². The second kappa shape index (κ2) is 7.56. The summed E-state index contributed by atoms with van der Waals surface area (Å²) >= 11 is 3.32. The molecule has 2 aromatic carbocycles. The molecule has 0 saturated carbocycles. The second-order valence-corrected chi connectivity index (χ2v) is 5.30. The van der Waals surface area contributed by atoms with Gasteiger partial charge in [0.05, 0.1) is 18.4 Å². The van der Waals surface area contributed by atoms with Gasteiger partial charge in [-0.3, -0.25) is 4.79 Å². The third-order valence-electron chi connectivity index (χ3n) is 2.93. The summed E-state index contributed by atoms with van der Waals surface area (Å²) < 4.78 is 5.63. The topological polar surface area (TPSA) is 55.4 Å². The molecule has 112 valence electrons. The summed E-state index contributed by atoms with van der Waals surface area (Å²) in [5, 5.41) is 2.93. The molecule has 2 aromatic rings. The lowest BCUT2D eigenvalue weighted by Crippen LogP contribution is -2.05. The van der Waals surface area contributed by atoms with E-state index in [1.54, 1.807) is 48.5 Å². The van der Waals surface area contributed by atoms with E-state index in [1.165, 1.54) is 19.4 Å². The fourth-order valence-electron chi connectivity index (χ4n) is 1.81. The van der Waals surface area contributed by atoms with Crippen LogP contribution in [0.4, 0.5) is 5.69 Å². The van der Waals surface area contributed by atoms with Crippen molar-refractivity contribution < 1.29 is 14.3 Å². The number of para-hydroxylation sites is 1. The summed E-state index contributed by atoms with van der Waals surface area (Å²) in [4.78, 5) is 23.6. The van der Waals surface area contributed by atoms with E-state index in [2.05, 4.69) is 21.2 Å². The zero-order chi connectivity index (χ0) is 15.9. The molecular weight excluding hydrogens is 346 g/mol. The summed E-state index contributed by atoms with van der Waals surface area (Å²) in [6.45, 7) is 0. The highest BCUT2D eigenvalue weighted by molar-refractivity contribution is 9.10. The van der Waals surface area contributed by atoms with Gasteiger partial charge in [0.1, 0.15) is 0 Å². The molecule has 0 aromatic heterocycles. The zero-order valence-electron chi connectivity index (χ0n) is 11.9. The maximum absolute atomic E-state index is 12.0. The highest BCUT2D eigenvalue weighted by Gasteiger charge is 2.09. The number of hydrogen-bond donors (Lipinski definition) is 1. The Morgan fingerprint density at radius 3 is 2.45 bits per heavy atom. The maximum atomic E-state index is 12.0. The molecule has 0 bridgehead atoms. The van der Waals surface area contributed by atoms with Crippen molar-refractivity contribution in [3.8, 4) is 0 Å². The largest absolute Gasteiger partial charge is 0.465 e. The molecule has 2 rings (SSSR count). The third-order valence-corrected chi connectivity index (χ3v) is 3.46. The van der Waals surface area contributed by atoms with E-state index in [1.807, 2.05) is 0 Å². The number of carbonyl (C=O) groups excluding carboxylic acids is 2. The van der Waals surface area contributed by atoms with Crippen LogP contribution in [-0.4, -0.2) is 18.9 Å². The minimum Gasteiger partial charge on any atom is -0.465 e. The van der Waals surface area contributed by atoms with Gasteiger partial charge in [0, 0.05) is 22.3 Å². The molecule has 0 radical (unpaired) electrons. The van der Waals surface area contributed by atoms with Crippen LogP contribution in [-0.2, 0) is 4.74 Å². The van der Waals surface area contributed by atoms with Crippen LogP contribution in [0.2, 0.25) is 0 Å². The number of ether oxygens (including phenoxy) is 1. The number of hydrogen-bond acceptors (Lipinski definition) is 4. The number of allylic oxidation sites excluding steroid dienone is 1. The van der Waals surface area contributed by atoms with Gasteiger partial charge >= 0.3 is 5.97 Å². The maximum Gasteiger partial charge on any atom is 0.339 e. The monoisotopic (exact) mass is 359 g/mol. The summed E-state index contributed by atoms with van der Waals surface area (Å²) in [6, 6.07) is 14.0. The SMILES string of the molecule is COC(=O)c1ccccc1N/C=C/C(=O)c1ccc(Br)cc1. The van der Waals surface area contributed by atoms with E-state index < -0.39 is 5.97 Å². The molecular formula is C17H14BrNO3. The Balaban J connectivity index is 2.08. The van der Waals surface area contributed by atoms with Crippen molar-refractivity contribution in [1.29, 1.82) is 0 Å². The van der Waals surface area contributed by atoms with E-state index >= 15 is 0 Å². The third kappa shape index (κ3) is 4.05. The number of carbonyl (C=O) groups is 2. The molecule has 1 N–H and O–H groups in total. The smallest absolute Gasteiger partial charge is 0.339 e. The molecule has 0 aliphatic carbocycles. The average Bonchev–Trinajstić information content (AvgIpc) is 2.55. The molecule has 0 saturated heterocycles. The minimum atomic E-state index is -0.435. The van der Waals surface area contributed by atoms with Crippen molar-refractivity contribution >= 4 is 33.4 Å².